The molecule has 0 unspecified atom stereocenters. The Balaban J connectivity index is 1.46. The maximum atomic E-state index is 12.7. The van der Waals surface area contributed by atoms with Gasteiger partial charge >= 0.3 is 0 Å². The van der Waals surface area contributed by atoms with Crippen LogP contribution < -0.4 is 0 Å². The summed E-state index contributed by atoms with van der Waals surface area (Å²) >= 11 is 7.82. The molecule has 1 saturated heterocycles. The lowest BCUT2D eigenvalue weighted by molar-refractivity contribution is 0.0706. The molecule has 3 aromatic heterocycles. The van der Waals surface area contributed by atoms with Gasteiger partial charge in [0.1, 0.15) is 5.82 Å². The van der Waals surface area contributed by atoms with Crippen LogP contribution in [-0.2, 0) is 7.05 Å². The number of carbonyl (C=O) groups excluding carboxylic acids is 1. The number of likely N-dealkylation sites (tertiary alicyclic amines) is 1. The average Bonchev–Trinajstić information content (AvgIpc) is 3.23. The number of aryl methyl sites for hydroxylation is 3. The van der Waals surface area contributed by atoms with Gasteiger partial charge in [0.25, 0.3) is 5.91 Å². The molecule has 4 heterocycles. The lowest BCUT2D eigenvalue weighted by Gasteiger charge is -2.30. The van der Waals surface area contributed by atoms with E-state index in [9.17, 15) is 4.79 Å². The summed E-state index contributed by atoms with van der Waals surface area (Å²) in [6.45, 7) is 5.27. The van der Waals surface area contributed by atoms with Gasteiger partial charge in [0, 0.05) is 38.4 Å². The molecule has 0 spiro atoms. The van der Waals surface area contributed by atoms with Gasteiger partial charge in [-0.05, 0) is 32.8 Å². The number of rotatable bonds is 3. The minimum absolute atomic E-state index is 0.100. The fourth-order valence-electron chi connectivity index (χ4n) is 3.50. The van der Waals surface area contributed by atoms with Gasteiger partial charge in [0.15, 0.2) is 5.69 Å². The van der Waals surface area contributed by atoms with Crippen molar-refractivity contribution in [1.29, 1.82) is 0 Å². The molecule has 1 amide bonds. The SMILES string of the molecule is Cc1nccc(-c2sc(C3CCN(C(=O)c4nn(C)cc4Cl)CC3)nc2C)n1. The van der Waals surface area contributed by atoms with E-state index in [1.165, 1.54) is 0 Å². The molecule has 0 N–H and O–H groups in total. The predicted molar refractivity (Wildman–Crippen MR) is 109 cm³/mol. The second kappa shape index (κ2) is 7.60. The van der Waals surface area contributed by atoms with Crippen LogP contribution in [0.5, 0.6) is 0 Å². The third-order valence-electron chi connectivity index (χ3n) is 4.94. The Kier molecular flexibility index (Phi) is 5.16. The average molecular weight is 417 g/mol. The number of carbonyl (C=O) groups is 1. The summed E-state index contributed by atoms with van der Waals surface area (Å²) in [5.74, 6) is 1.01. The smallest absolute Gasteiger partial charge is 0.275 e. The first-order chi connectivity index (χ1) is 13.4. The van der Waals surface area contributed by atoms with Gasteiger partial charge in [-0.1, -0.05) is 11.6 Å². The summed E-state index contributed by atoms with van der Waals surface area (Å²) in [5.41, 5.74) is 2.25. The molecule has 0 aromatic carbocycles. The van der Waals surface area contributed by atoms with Crippen LogP contribution >= 0.6 is 22.9 Å². The van der Waals surface area contributed by atoms with Crippen molar-refractivity contribution in [2.75, 3.05) is 13.1 Å². The van der Waals surface area contributed by atoms with E-state index in [1.54, 1.807) is 35.5 Å². The van der Waals surface area contributed by atoms with Crippen LogP contribution in [0.15, 0.2) is 18.5 Å². The Hall–Kier alpha value is -2.32. The number of halogens is 1. The lowest BCUT2D eigenvalue weighted by atomic mass is 9.97. The summed E-state index contributed by atoms with van der Waals surface area (Å²) in [5, 5.41) is 5.70. The number of nitrogens with zero attached hydrogens (tertiary/aromatic N) is 6. The van der Waals surface area contributed by atoms with Gasteiger partial charge in [0.2, 0.25) is 0 Å². The van der Waals surface area contributed by atoms with Gasteiger partial charge in [0.05, 0.1) is 26.3 Å². The quantitative estimate of drug-likeness (QED) is 0.651. The first-order valence-electron chi connectivity index (χ1n) is 9.18. The van der Waals surface area contributed by atoms with E-state index in [0.717, 1.165) is 39.9 Å². The van der Waals surface area contributed by atoms with Crippen molar-refractivity contribution in [1.82, 2.24) is 29.6 Å². The third-order valence-corrected chi connectivity index (χ3v) is 6.56. The van der Waals surface area contributed by atoms with Crippen molar-refractivity contribution in [3.05, 3.63) is 45.7 Å². The molecule has 7 nitrogen and oxygen atoms in total. The molecule has 0 aliphatic carbocycles. The van der Waals surface area contributed by atoms with E-state index in [1.807, 2.05) is 24.8 Å². The molecule has 28 heavy (non-hydrogen) atoms. The first kappa shape index (κ1) is 19.0. The van der Waals surface area contributed by atoms with Gasteiger partial charge in [-0.2, -0.15) is 5.10 Å². The molecule has 1 aliphatic rings. The van der Waals surface area contributed by atoms with Crippen molar-refractivity contribution in [2.24, 2.45) is 7.05 Å². The third kappa shape index (κ3) is 3.66. The highest BCUT2D eigenvalue weighted by atomic mass is 35.5. The maximum Gasteiger partial charge on any atom is 0.275 e. The van der Waals surface area contributed by atoms with Crippen molar-refractivity contribution in [3.63, 3.8) is 0 Å². The second-order valence-corrected chi connectivity index (χ2v) is 8.46. The molecule has 1 aliphatic heterocycles. The molecule has 9 heteroatoms. The highest BCUT2D eigenvalue weighted by molar-refractivity contribution is 7.15. The number of hydrogen-bond acceptors (Lipinski definition) is 6. The minimum Gasteiger partial charge on any atom is -0.337 e. The molecule has 0 saturated carbocycles. The van der Waals surface area contributed by atoms with Crippen LogP contribution in [0.4, 0.5) is 0 Å². The molecular weight excluding hydrogens is 396 g/mol. The Labute approximate surface area is 172 Å². The second-order valence-electron chi connectivity index (χ2n) is 7.02. The fraction of sp³-hybridized carbons (Fsp3) is 0.421. The van der Waals surface area contributed by atoms with E-state index in [-0.39, 0.29) is 5.91 Å². The molecule has 0 bridgehead atoms. The van der Waals surface area contributed by atoms with Crippen molar-refractivity contribution >= 4 is 28.8 Å². The summed E-state index contributed by atoms with van der Waals surface area (Å²) in [4.78, 5) is 29.1. The Morgan fingerprint density at radius 1 is 1.25 bits per heavy atom. The minimum atomic E-state index is -0.100. The van der Waals surface area contributed by atoms with Crippen molar-refractivity contribution in [3.8, 4) is 10.6 Å². The maximum absolute atomic E-state index is 12.7. The van der Waals surface area contributed by atoms with E-state index >= 15 is 0 Å². The van der Waals surface area contributed by atoms with Gasteiger partial charge in [-0.25, -0.2) is 15.0 Å². The monoisotopic (exact) mass is 416 g/mol. The zero-order valence-corrected chi connectivity index (χ0v) is 17.6. The van der Waals surface area contributed by atoms with Crippen LogP contribution in [0.3, 0.4) is 0 Å². The van der Waals surface area contributed by atoms with Crippen molar-refractivity contribution < 1.29 is 4.79 Å². The number of piperidine rings is 1. The van der Waals surface area contributed by atoms with Gasteiger partial charge in [-0.3, -0.25) is 9.48 Å². The highest BCUT2D eigenvalue weighted by Crippen LogP contribution is 2.36. The van der Waals surface area contributed by atoms with Gasteiger partial charge in [-0.15, -0.1) is 11.3 Å². The van der Waals surface area contributed by atoms with E-state index in [4.69, 9.17) is 16.6 Å². The topological polar surface area (TPSA) is 76.8 Å². The fourth-order valence-corrected chi connectivity index (χ4v) is 4.96. The molecule has 0 atom stereocenters. The zero-order chi connectivity index (χ0) is 19.8. The molecular formula is C19H21ClN6OS. The van der Waals surface area contributed by atoms with Crippen LogP contribution in [0.1, 0.15) is 45.8 Å². The highest BCUT2D eigenvalue weighted by Gasteiger charge is 2.29. The summed E-state index contributed by atoms with van der Waals surface area (Å²) in [6.07, 6.45) is 5.19. The first-order valence-corrected chi connectivity index (χ1v) is 10.4. The normalized spacial score (nSPS) is 15.2. The summed E-state index contributed by atoms with van der Waals surface area (Å²) in [6, 6.07) is 1.93. The van der Waals surface area contributed by atoms with Gasteiger partial charge < -0.3 is 4.90 Å². The van der Waals surface area contributed by atoms with Crippen molar-refractivity contribution in [2.45, 2.75) is 32.6 Å². The van der Waals surface area contributed by atoms with E-state index in [2.05, 4.69) is 15.1 Å². The predicted octanol–water partition coefficient (Wildman–Crippen LogP) is 3.62. The van der Waals surface area contributed by atoms with E-state index < -0.39 is 0 Å². The number of aromatic nitrogens is 5. The van der Waals surface area contributed by atoms with Crippen LogP contribution in [0, 0.1) is 13.8 Å². The van der Waals surface area contributed by atoms with Crippen LogP contribution in [0.25, 0.3) is 10.6 Å². The lowest BCUT2D eigenvalue weighted by Crippen LogP contribution is -2.38. The molecule has 0 radical (unpaired) electrons. The Morgan fingerprint density at radius 2 is 2.00 bits per heavy atom. The number of hydrogen-bond donors (Lipinski definition) is 0. The largest absolute Gasteiger partial charge is 0.337 e. The summed E-state index contributed by atoms with van der Waals surface area (Å²) < 4.78 is 1.57. The number of amides is 1. The number of thiazole rings is 1. The molecule has 3 aromatic rings. The molecule has 1 fully saturated rings. The molecule has 146 valence electrons. The standard InChI is InChI=1S/C19H21ClN6OS/c1-11-17(15-4-7-21-12(2)23-15)28-18(22-11)13-5-8-26(9-6-13)19(27)16-14(20)10-25(3)24-16/h4,7,10,13H,5-6,8-9H2,1-3H3. The van der Waals surface area contributed by atoms with Crippen LogP contribution in [-0.4, -0.2) is 48.6 Å². The van der Waals surface area contributed by atoms with Crippen LogP contribution in [0.2, 0.25) is 5.02 Å². The Morgan fingerprint density at radius 3 is 2.64 bits per heavy atom. The molecule has 4 rings (SSSR count). The van der Waals surface area contributed by atoms with E-state index in [0.29, 0.717) is 29.7 Å². The summed E-state index contributed by atoms with van der Waals surface area (Å²) in [7, 11) is 1.76. The Bertz CT molecular complexity index is 1020. The zero-order valence-electron chi connectivity index (χ0n) is 16.0.